The predicted octanol–water partition coefficient (Wildman–Crippen LogP) is 9.22. The van der Waals surface area contributed by atoms with Crippen LogP contribution in [0, 0.1) is 17.2 Å². The minimum atomic E-state index is -4.47. The lowest BCUT2D eigenvalue weighted by Gasteiger charge is -2.56. The Bertz CT molecular complexity index is 2590. The lowest BCUT2D eigenvalue weighted by atomic mass is 9.59. The first-order chi connectivity index (χ1) is 30.2. The highest BCUT2D eigenvalue weighted by Crippen LogP contribution is 2.54. The fourth-order valence-corrected chi connectivity index (χ4v) is 11.6. The minimum Gasteiger partial charge on any atom is -0.491 e. The van der Waals surface area contributed by atoms with Gasteiger partial charge in [0.05, 0.1) is 40.2 Å². The second-order valence-electron chi connectivity index (χ2n) is 19.1. The normalized spacial score (nSPS) is 23.0. The molecule has 14 heteroatoms. The van der Waals surface area contributed by atoms with Gasteiger partial charge in [-0.25, -0.2) is 22.5 Å². The van der Waals surface area contributed by atoms with Crippen LogP contribution < -0.4 is 24.8 Å². The molecule has 9 rings (SSSR count). The molecule has 334 valence electrons. The van der Waals surface area contributed by atoms with Crippen LogP contribution in [0.15, 0.2) is 84.0 Å². The molecule has 0 unspecified atom stereocenters. The summed E-state index contributed by atoms with van der Waals surface area (Å²) in [5, 5.41) is 11.0. The van der Waals surface area contributed by atoms with Crippen LogP contribution in [-0.4, -0.2) is 72.2 Å². The highest BCUT2D eigenvalue weighted by atomic mass is 32.2. The number of ether oxygens (including phenoxy) is 2. The number of pyridine rings is 1. The molecule has 4 aliphatic rings. The molecule has 0 radical (unpaired) electrons. The van der Waals surface area contributed by atoms with Crippen LogP contribution in [-0.2, 0) is 10.0 Å². The molecule has 1 atom stereocenters. The number of hydrogen-bond donors (Lipinski definition) is 4. The number of carbonyl (C=O) groups is 1. The van der Waals surface area contributed by atoms with Gasteiger partial charge in [-0.3, -0.25) is 9.69 Å². The van der Waals surface area contributed by atoms with E-state index < -0.39 is 27.3 Å². The third kappa shape index (κ3) is 8.99. The SMILES string of the molecule is CC(C)c1ccccc1[C@@H]1CCCN1C1CC2(CCN(c3cc(Oc4cnc5[nH]ccc5c4)c(C(=O)NS(=O)(=O)c4ccc(OCC5CCC(C)(O)CC5)c(N)c4)cc3F)CC2)C1. The number of fused-ring (bicyclic) bond motifs is 1. The molecular formula is C49H59FN6O6S. The van der Waals surface area contributed by atoms with Crippen molar-refractivity contribution in [1.29, 1.82) is 0 Å². The standard InChI is InChI=1S/C49H59FN6O6S/c1-31(2)37-7-4-5-8-38(37)42-9-6-20-56(42)34-27-49(28-34)17-21-55(22-18-49)43-26-45(62-35-23-33-14-19-52-46(33)53-29-35)39(25-40(43)50)47(57)54-63(59,60)36-10-11-44(41(51)24-36)61-30-32-12-15-48(3,58)16-13-32/h4-5,7-8,10-11,14,19,23-26,29,31-32,34,42,58H,6,9,12-13,15-18,20-22,27-28,30,51H2,1-3H3,(H,52,53)(H,54,57)/t32?,42-,48?/m0/s1. The molecule has 1 amide bonds. The average molecular weight is 879 g/mol. The number of nitrogen functional groups attached to an aromatic ring is 1. The molecule has 5 N–H and O–H groups in total. The molecular weight excluding hydrogens is 820 g/mol. The molecule has 5 aromatic rings. The maximum atomic E-state index is 16.3. The lowest BCUT2D eigenvalue weighted by Crippen LogP contribution is -2.55. The molecule has 3 aromatic carbocycles. The van der Waals surface area contributed by atoms with E-state index in [-0.39, 0.29) is 38.9 Å². The summed E-state index contributed by atoms with van der Waals surface area (Å²) in [5.41, 5.74) is 9.44. The van der Waals surface area contributed by atoms with Gasteiger partial charge >= 0.3 is 0 Å². The zero-order valence-electron chi connectivity index (χ0n) is 36.4. The topological polar surface area (TPSA) is 163 Å². The van der Waals surface area contributed by atoms with Crippen molar-refractivity contribution < 1.29 is 32.2 Å². The molecule has 0 bridgehead atoms. The Hall–Kier alpha value is -5.18. The van der Waals surface area contributed by atoms with E-state index in [0.29, 0.717) is 67.7 Å². The predicted molar refractivity (Wildman–Crippen MR) is 242 cm³/mol. The number of halogens is 1. The van der Waals surface area contributed by atoms with Crippen LogP contribution in [0.4, 0.5) is 15.8 Å². The Morgan fingerprint density at radius 2 is 1.76 bits per heavy atom. The van der Waals surface area contributed by atoms with Crippen LogP contribution in [0.1, 0.15) is 118 Å². The number of amides is 1. The number of carbonyl (C=O) groups excluding carboxylic acids is 1. The number of piperidine rings is 1. The zero-order chi connectivity index (χ0) is 44.1. The van der Waals surface area contributed by atoms with Gasteiger partial charge in [0.2, 0.25) is 0 Å². The van der Waals surface area contributed by atoms with Crippen LogP contribution in [0.2, 0.25) is 0 Å². The highest BCUT2D eigenvalue weighted by Gasteiger charge is 2.50. The average Bonchev–Trinajstić information content (AvgIpc) is 3.93. The van der Waals surface area contributed by atoms with Gasteiger partial charge in [0, 0.05) is 42.8 Å². The third-order valence-electron chi connectivity index (χ3n) is 14.3. The molecule has 1 spiro atoms. The van der Waals surface area contributed by atoms with Gasteiger partial charge in [0.25, 0.3) is 15.9 Å². The van der Waals surface area contributed by atoms with E-state index in [2.05, 4.69) is 57.7 Å². The van der Waals surface area contributed by atoms with Gasteiger partial charge in [-0.1, -0.05) is 38.1 Å². The first kappa shape index (κ1) is 43.1. The number of likely N-dealkylation sites (tertiary alicyclic amines) is 1. The molecule has 4 heterocycles. The van der Waals surface area contributed by atoms with E-state index in [4.69, 9.17) is 15.2 Å². The summed E-state index contributed by atoms with van der Waals surface area (Å²) in [6.07, 6.45) is 12.7. The Kier molecular flexibility index (Phi) is 11.7. The van der Waals surface area contributed by atoms with Crippen LogP contribution >= 0.6 is 0 Å². The van der Waals surface area contributed by atoms with E-state index in [1.54, 1.807) is 12.3 Å². The minimum absolute atomic E-state index is 0.00554. The van der Waals surface area contributed by atoms with Gasteiger partial charge in [-0.05, 0) is 142 Å². The second-order valence-corrected chi connectivity index (χ2v) is 20.8. The van der Waals surface area contributed by atoms with Crippen molar-refractivity contribution in [3.8, 4) is 17.2 Å². The number of sulfonamides is 1. The smallest absolute Gasteiger partial charge is 0.268 e. The molecule has 63 heavy (non-hydrogen) atoms. The summed E-state index contributed by atoms with van der Waals surface area (Å²) in [6.45, 7) is 9.17. The van der Waals surface area contributed by atoms with Crippen molar-refractivity contribution in [2.24, 2.45) is 11.3 Å². The van der Waals surface area contributed by atoms with Gasteiger partial charge < -0.3 is 30.2 Å². The maximum Gasteiger partial charge on any atom is 0.268 e. The lowest BCUT2D eigenvalue weighted by molar-refractivity contribution is -0.0228. The van der Waals surface area contributed by atoms with Gasteiger partial charge in [-0.2, -0.15) is 0 Å². The van der Waals surface area contributed by atoms with Crippen molar-refractivity contribution in [2.45, 2.75) is 113 Å². The zero-order valence-corrected chi connectivity index (χ0v) is 37.2. The van der Waals surface area contributed by atoms with Crippen molar-refractivity contribution in [3.05, 3.63) is 102 Å². The Balaban J connectivity index is 0.896. The number of aromatic nitrogens is 2. The number of rotatable bonds is 12. The van der Waals surface area contributed by atoms with Crippen LogP contribution in [0.3, 0.4) is 0 Å². The van der Waals surface area contributed by atoms with Crippen molar-refractivity contribution >= 4 is 38.3 Å². The maximum absolute atomic E-state index is 16.3. The third-order valence-corrected chi connectivity index (χ3v) is 15.6. The summed E-state index contributed by atoms with van der Waals surface area (Å²) < 4.78 is 58.0. The molecule has 2 aromatic heterocycles. The van der Waals surface area contributed by atoms with E-state index in [1.807, 2.05) is 17.9 Å². The first-order valence-electron chi connectivity index (χ1n) is 22.5. The molecule has 2 saturated carbocycles. The molecule has 2 saturated heterocycles. The van der Waals surface area contributed by atoms with Crippen molar-refractivity contribution in [1.82, 2.24) is 19.6 Å². The summed E-state index contributed by atoms with van der Waals surface area (Å²) in [6, 6.07) is 20.0. The second kappa shape index (κ2) is 17.1. The van der Waals surface area contributed by atoms with Crippen molar-refractivity contribution in [3.63, 3.8) is 0 Å². The highest BCUT2D eigenvalue weighted by molar-refractivity contribution is 7.90. The van der Waals surface area contributed by atoms with E-state index in [0.717, 1.165) is 56.5 Å². The van der Waals surface area contributed by atoms with Gasteiger partial charge in [0.15, 0.2) is 0 Å². The van der Waals surface area contributed by atoms with Crippen LogP contribution in [0.5, 0.6) is 17.2 Å². The van der Waals surface area contributed by atoms with E-state index >= 15 is 4.39 Å². The Labute approximate surface area is 369 Å². The van der Waals surface area contributed by atoms with Crippen LogP contribution in [0.25, 0.3) is 11.0 Å². The first-order valence-corrected chi connectivity index (χ1v) is 24.0. The summed E-state index contributed by atoms with van der Waals surface area (Å²) >= 11 is 0. The number of nitrogens with one attached hydrogen (secondary N) is 2. The fourth-order valence-electron chi connectivity index (χ4n) is 10.6. The molecule has 12 nitrogen and oxygen atoms in total. The number of benzene rings is 3. The molecule has 2 aliphatic heterocycles. The Morgan fingerprint density at radius 1 is 1.00 bits per heavy atom. The summed E-state index contributed by atoms with van der Waals surface area (Å²) in [5.74, 6) is -0.379. The molecule has 2 aliphatic carbocycles. The number of H-pyrrole nitrogens is 1. The van der Waals surface area contributed by atoms with E-state index in [9.17, 15) is 18.3 Å². The monoisotopic (exact) mass is 878 g/mol. The number of hydrogen-bond acceptors (Lipinski definition) is 10. The number of anilines is 2. The van der Waals surface area contributed by atoms with Gasteiger partial charge in [-0.15, -0.1) is 0 Å². The largest absolute Gasteiger partial charge is 0.491 e. The molecule has 4 fully saturated rings. The Morgan fingerprint density at radius 3 is 2.51 bits per heavy atom. The fraction of sp³-hybridized carbons (Fsp3) is 0.469. The number of nitrogens with two attached hydrogens (primary N) is 1. The van der Waals surface area contributed by atoms with Gasteiger partial charge in [0.1, 0.15) is 28.7 Å². The summed E-state index contributed by atoms with van der Waals surface area (Å²) in [4.78, 5) is 25.9. The van der Waals surface area contributed by atoms with Crippen molar-refractivity contribution in [2.75, 3.05) is 36.9 Å². The quantitative estimate of drug-likeness (QED) is 0.0889. The van der Waals surface area contributed by atoms with E-state index in [1.165, 1.54) is 54.4 Å². The number of nitrogens with zero attached hydrogens (tertiary/aromatic N) is 3. The number of aromatic amines is 1. The summed E-state index contributed by atoms with van der Waals surface area (Å²) in [7, 11) is -4.47. The number of aliphatic hydroxyl groups is 1.